The summed E-state index contributed by atoms with van der Waals surface area (Å²) in [6, 6.07) is 24.8. The van der Waals surface area contributed by atoms with Gasteiger partial charge in [-0.1, -0.05) is 66.7 Å². The molecule has 124 valence electrons. The van der Waals surface area contributed by atoms with Crippen LogP contribution in [0.5, 0.6) is 5.75 Å². The van der Waals surface area contributed by atoms with E-state index in [0.29, 0.717) is 6.61 Å². The molecular formula is C22H20N2O. The maximum Gasteiger partial charge on any atom is 0.130 e. The van der Waals surface area contributed by atoms with Gasteiger partial charge in [-0.15, -0.1) is 0 Å². The molecule has 0 bridgehead atoms. The minimum absolute atomic E-state index is 0.558. The molecule has 0 saturated heterocycles. The highest BCUT2D eigenvalue weighted by Gasteiger charge is 2.11. The van der Waals surface area contributed by atoms with E-state index in [9.17, 15) is 0 Å². The van der Waals surface area contributed by atoms with Crippen molar-refractivity contribution in [2.45, 2.75) is 20.1 Å². The zero-order valence-electron chi connectivity index (χ0n) is 14.2. The standard InChI is InChI=1S/C22H20N2O/c1-17-12-13-21(25-16-19-10-6-3-7-11-19)20-14-23-24(22(17)20)15-18-8-4-2-5-9-18/h2-14H,15-16H2,1H3. The Hall–Kier alpha value is -3.07. The Bertz CT molecular complexity index is 975. The molecule has 3 aromatic carbocycles. The number of ether oxygens (including phenoxy) is 1. The van der Waals surface area contributed by atoms with Crippen LogP contribution in [0.1, 0.15) is 16.7 Å². The van der Waals surface area contributed by atoms with E-state index in [1.54, 1.807) is 0 Å². The first-order chi connectivity index (χ1) is 12.3. The Morgan fingerprint density at radius 1 is 0.840 bits per heavy atom. The third-order valence-electron chi connectivity index (χ3n) is 4.38. The summed E-state index contributed by atoms with van der Waals surface area (Å²) in [6.07, 6.45) is 1.91. The molecule has 0 aliphatic carbocycles. The first-order valence-electron chi connectivity index (χ1n) is 8.47. The first-order valence-corrected chi connectivity index (χ1v) is 8.47. The van der Waals surface area contributed by atoms with Gasteiger partial charge in [0.05, 0.1) is 23.6 Å². The largest absolute Gasteiger partial charge is 0.488 e. The van der Waals surface area contributed by atoms with Crippen molar-refractivity contribution in [2.75, 3.05) is 0 Å². The van der Waals surface area contributed by atoms with Gasteiger partial charge in [0.1, 0.15) is 12.4 Å². The fraction of sp³-hybridized carbons (Fsp3) is 0.136. The highest BCUT2D eigenvalue weighted by molar-refractivity contribution is 5.88. The van der Waals surface area contributed by atoms with E-state index < -0.39 is 0 Å². The molecule has 0 unspecified atom stereocenters. The molecule has 0 saturated carbocycles. The van der Waals surface area contributed by atoms with Crippen molar-refractivity contribution in [1.29, 1.82) is 0 Å². The number of benzene rings is 3. The van der Waals surface area contributed by atoms with Gasteiger partial charge < -0.3 is 4.74 Å². The van der Waals surface area contributed by atoms with Crippen molar-refractivity contribution in [3.8, 4) is 5.75 Å². The van der Waals surface area contributed by atoms with E-state index in [0.717, 1.165) is 28.8 Å². The molecule has 0 amide bonds. The van der Waals surface area contributed by atoms with Crippen molar-refractivity contribution in [3.05, 3.63) is 95.7 Å². The fourth-order valence-electron chi connectivity index (χ4n) is 3.09. The lowest BCUT2D eigenvalue weighted by molar-refractivity contribution is 0.310. The third-order valence-corrected chi connectivity index (χ3v) is 4.38. The molecule has 1 heterocycles. The summed E-state index contributed by atoms with van der Waals surface area (Å²) in [6.45, 7) is 3.43. The van der Waals surface area contributed by atoms with Gasteiger partial charge in [0.15, 0.2) is 0 Å². The van der Waals surface area contributed by atoms with Crippen molar-refractivity contribution in [1.82, 2.24) is 9.78 Å². The monoisotopic (exact) mass is 328 g/mol. The number of hydrogen-bond donors (Lipinski definition) is 0. The van der Waals surface area contributed by atoms with E-state index in [2.05, 4.69) is 59.2 Å². The van der Waals surface area contributed by atoms with Gasteiger partial charge in [0, 0.05) is 0 Å². The second kappa shape index (κ2) is 6.81. The molecule has 4 aromatic rings. The molecule has 25 heavy (non-hydrogen) atoms. The van der Waals surface area contributed by atoms with Crippen LogP contribution in [0.25, 0.3) is 10.9 Å². The van der Waals surface area contributed by atoms with Crippen molar-refractivity contribution < 1.29 is 4.74 Å². The van der Waals surface area contributed by atoms with Gasteiger partial charge in [-0.2, -0.15) is 5.10 Å². The van der Waals surface area contributed by atoms with Crippen LogP contribution in [0.15, 0.2) is 79.0 Å². The number of rotatable bonds is 5. The van der Waals surface area contributed by atoms with Gasteiger partial charge in [-0.05, 0) is 29.7 Å². The van der Waals surface area contributed by atoms with Crippen LogP contribution in [0.2, 0.25) is 0 Å². The van der Waals surface area contributed by atoms with Crippen LogP contribution < -0.4 is 4.74 Å². The summed E-state index contributed by atoms with van der Waals surface area (Å²) in [5, 5.41) is 5.67. The smallest absolute Gasteiger partial charge is 0.130 e. The predicted molar refractivity (Wildman–Crippen MR) is 101 cm³/mol. The molecule has 0 aliphatic rings. The van der Waals surface area contributed by atoms with Crippen molar-refractivity contribution >= 4 is 10.9 Å². The lowest BCUT2D eigenvalue weighted by atomic mass is 10.1. The van der Waals surface area contributed by atoms with Gasteiger partial charge in [-0.3, -0.25) is 4.68 Å². The lowest BCUT2D eigenvalue weighted by Crippen LogP contribution is -2.02. The van der Waals surface area contributed by atoms with Gasteiger partial charge in [0.25, 0.3) is 0 Å². The van der Waals surface area contributed by atoms with Crippen LogP contribution >= 0.6 is 0 Å². The van der Waals surface area contributed by atoms with Crippen LogP contribution in [-0.2, 0) is 13.2 Å². The molecule has 3 nitrogen and oxygen atoms in total. The summed E-state index contributed by atoms with van der Waals surface area (Å²) < 4.78 is 8.12. The number of aryl methyl sites for hydroxylation is 1. The van der Waals surface area contributed by atoms with E-state index >= 15 is 0 Å². The summed E-state index contributed by atoms with van der Waals surface area (Å²) >= 11 is 0. The van der Waals surface area contributed by atoms with Gasteiger partial charge in [0.2, 0.25) is 0 Å². The second-order valence-corrected chi connectivity index (χ2v) is 6.20. The maximum atomic E-state index is 6.07. The molecule has 0 spiro atoms. The van der Waals surface area contributed by atoms with Gasteiger partial charge >= 0.3 is 0 Å². The molecule has 4 rings (SSSR count). The molecule has 0 radical (unpaired) electrons. The first kappa shape index (κ1) is 15.5. The Labute approximate surface area is 147 Å². The normalized spacial score (nSPS) is 10.9. The second-order valence-electron chi connectivity index (χ2n) is 6.20. The molecule has 0 fully saturated rings. The number of aromatic nitrogens is 2. The highest BCUT2D eigenvalue weighted by atomic mass is 16.5. The van der Waals surface area contributed by atoms with Gasteiger partial charge in [-0.25, -0.2) is 0 Å². The van der Waals surface area contributed by atoms with E-state index in [4.69, 9.17) is 4.74 Å². The number of nitrogens with zero attached hydrogens (tertiary/aromatic N) is 2. The van der Waals surface area contributed by atoms with E-state index in [1.165, 1.54) is 11.1 Å². The molecule has 1 aromatic heterocycles. The quantitative estimate of drug-likeness (QED) is 0.517. The zero-order chi connectivity index (χ0) is 17.1. The van der Waals surface area contributed by atoms with Crippen molar-refractivity contribution in [3.63, 3.8) is 0 Å². The minimum atomic E-state index is 0.558. The molecular weight excluding hydrogens is 308 g/mol. The summed E-state index contributed by atoms with van der Waals surface area (Å²) in [4.78, 5) is 0. The third kappa shape index (κ3) is 3.26. The molecule has 0 atom stereocenters. The van der Waals surface area contributed by atoms with E-state index in [1.807, 2.05) is 36.5 Å². The minimum Gasteiger partial charge on any atom is -0.488 e. The summed E-state index contributed by atoms with van der Waals surface area (Å²) in [5.74, 6) is 0.878. The maximum absolute atomic E-state index is 6.07. The van der Waals surface area contributed by atoms with Crippen molar-refractivity contribution in [2.24, 2.45) is 0 Å². The Kier molecular flexibility index (Phi) is 4.21. The van der Waals surface area contributed by atoms with E-state index in [-0.39, 0.29) is 0 Å². The zero-order valence-corrected chi connectivity index (χ0v) is 14.2. The molecule has 0 aliphatic heterocycles. The average molecular weight is 328 g/mol. The van der Waals surface area contributed by atoms with Crippen LogP contribution in [0, 0.1) is 6.92 Å². The lowest BCUT2D eigenvalue weighted by Gasteiger charge is -2.10. The molecule has 0 N–H and O–H groups in total. The van der Waals surface area contributed by atoms with Crippen LogP contribution in [0.3, 0.4) is 0 Å². The SMILES string of the molecule is Cc1ccc(OCc2ccccc2)c2cnn(Cc3ccccc3)c12. The Morgan fingerprint density at radius 3 is 2.24 bits per heavy atom. The highest BCUT2D eigenvalue weighted by Crippen LogP contribution is 2.29. The average Bonchev–Trinajstić information content (AvgIpc) is 3.08. The summed E-state index contributed by atoms with van der Waals surface area (Å²) in [7, 11) is 0. The van der Waals surface area contributed by atoms with Crippen LogP contribution in [0.4, 0.5) is 0 Å². The fourth-order valence-corrected chi connectivity index (χ4v) is 3.09. The number of hydrogen-bond acceptors (Lipinski definition) is 2. The van der Waals surface area contributed by atoms with Crippen LogP contribution in [-0.4, -0.2) is 9.78 Å². The number of fused-ring (bicyclic) bond motifs is 1. The summed E-state index contributed by atoms with van der Waals surface area (Å²) in [5.41, 5.74) is 4.74. The Balaban J connectivity index is 1.64. The topological polar surface area (TPSA) is 27.1 Å². The predicted octanol–water partition coefficient (Wildman–Crippen LogP) is 4.97. The molecule has 3 heteroatoms. The Morgan fingerprint density at radius 2 is 1.52 bits per heavy atom.